The zero-order chi connectivity index (χ0) is 20.1. The Bertz CT molecular complexity index is 1230. The molecular weight excluding hydrogens is 393 g/mol. The van der Waals surface area contributed by atoms with Crippen molar-refractivity contribution in [1.29, 1.82) is 0 Å². The summed E-state index contributed by atoms with van der Waals surface area (Å²) in [7, 11) is 0. The Morgan fingerprint density at radius 3 is 2.50 bits per heavy atom. The largest absolute Gasteiger partial charge is 0.382 e. The van der Waals surface area contributed by atoms with E-state index in [-0.39, 0.29) is 11.2 Å². The topological polar surface area (TPSA) is 37.8 Å². The van der Waals surface area contributed by atoms with Crippen LogP contribution in [0.25, 0.3) is 20.9 Å². The van der Waals surface area contributed by atoms with Crippen molar-refractivity contribution in [2.24, 2.45) is 0 Å². The van der Waals surface area contributed by atoms with Gasteiger partial charge in [-0.1, -0.05) is 41.7 Å². The molecule has 0 unspecified atom stereocenters. The third kappa shape index (κ3) is 3.00. The molecule has 0 bridgehead atoms. The Balaban J connectivity index is 1.33. The summed E-state index contributed by atoms with van der Waals surface area (Å²) in [4.78, 5) is 10.5. The molecule has 0 saturated heterocycles. The minimum absolute atomic E-state index is 0.0275. The lowest BCUT2D eigenvalue weighted by molar-refractivity contribution is 0.445. The molecule has 0 atom stereocenters. The number of hydrogen-bond donors (Lipinski definition) is 1. The van der Waals surface area contributed by atoms with Crippen LogP contribution in [-0.4, -0.2) is 16.0 Å². The monoisotopic (exact) mass is 415 g/mol. The van der Waals surface area contributed by atoms with Gasteiger partial charge in [0.25, 0.3) is 0 Å². The van der Waals surface area contributed by atoms with E-state index >= 15 is 0 Å². The van der Waals surface area contributed by atoms with Crippen molar-refractivity contribution in [3.63, 3.8) is 0 Å². The number of anilines is 1. The molecule has 2 aromatic heterocycles. The highest BCUT2D eigenvalue weighted by atomic mass is 32.1. The Kier molecular flexibility index (Phi) is 4.13. The second-order valence-electron chi connectivity index (χ2n) is 8.45. The van der Waals surface area contributed by atoms with Gasteiger partial charge in [-0.15, -0.1) is 0 Å². The fourth-order valence-corrected chi connectivity index (χ4v) is 5.31. The Morgan fingerprint density at radius 1 is 0.967 bits per heavy atom. The number of thiazole rings is 1. The van der Waals surface area contributed by atoms with Crippen LogP contribution in [0, 0.1) is 5.82 Å². The van der Waals surface area contributed by atoms with Crippen molar-refractivity contribution in [1.82, 2.24) is 9.97 Å². The molecule has 0 amide bonds. The smallest absolute Gasteiger partial charge is 0.144 e. The van der Waals surface area contributed by atoms with Gasteiger partial charge in [-0.05, 0) is 68.0 Å². The number of halogens is 1. The van der Waals surface area contributed by atoms with Crippen LogP contribution in [0.2, 0.25) is 0 Å². The highest BCUT2D eigenvalue weighted by Gasteiger charge is 2.47. The average Bonchev–Trinajstić information content (AvgIpc) is 3.44. The Morgan fingerprint density at radius 2 is 1.80 bits per heavy atom. The Labute approximate surface area is 179 Å². The first kappa shape index (κ1) is 18.0. The fraction of sp³-hybridized carbons (Fsp3) is 0.280. The summed E-state index contributed by atoms with van der Waals surface area (Å²) in [6.07, 6.45) is 5.82. The van der Waals surface area contributed by atoms with Crippen molar-refractivity contribution >= 4 is 27.4 Å². The summed E-state index contributed by atoms with van der Waals surface area (Å²) in [6.45, 7) is 0. The molecule has 0 radical (unpaired) electrons. The van der Waals surface area contributed by atoms with Crippen LogP contribution in [-0.2, 0) is 5.41 Å². The summed E-state index contributed by atoms with van der Waals surface area (Å²) in [5.41, 5.74) is 4.67. The van der Waals surface area contributed by atoms with Gasteiger partial charge in [0.05, 0.1) is 5.69 Å². The third-order valence-corrected chi connectivity index (χ3v) is 7.50. The molecule has 0 spiro atoms. The molecule has 2 fully saturated rings. The maximum atomic E-state index is 14.8. The van der Waals surface area contributed by atoms with Gasteiger partial charge in [-0.2, -0.15) is 0 Å². The van der Waals surface area contributed by atoms with Crippen molar-refractivity contribution in [2.75, 3.05) is 5.32 Å². The molecule has 5 heteroatoms. The molecule has 2 aliphatic rings. The van der Waals surface area contributed by atoms with Crippen LogP contribution >= 0.6 is 11.3 Å². The number of fused-ring (bicyclic) bond motifs is 1. The summed E-state index contributed by atoms with van der Waals surface area (Å²) >= 11 is 1.47. The van der Waals surface area contributed by atoms with Gasteiger partial charge in [0.15, 0.2) is 0 Å². The number of rotatable bonds is 5. The van der Waals surface area contributed by atoms with Gasteiger partial charge in [-0.3, -0.25) is 0 Å². The average molecular weight is 416 g/mol. The highest BCUT2D eigenvalue weighted by molar-refractivity contribution is 7.21. The zero-order valence-corrected chi connectivity index (χ0v) is 17.4. The van der Waals surface area contributed by atoms with E-state index in [1.165, 1.54) is 36.2 Å². The summed E-state index contributed by atoms with van der Waals surface area (Å²) in [6, 6.07) is 20.6. The van der Waals surface area contributed by atoms with Crippen molar-refractivity contribution < 1.29 is 4.39 Å². The van der Waals surface area contributed by atoms with E-state index in [1.54, 1.807) is 6.07 Å². The molecule has 30 heavy (non-hydrogen) atoms. The maximum Gasteiger partial charge on any atom is 0.144 e. The first-order valence-corrected chi connectivity index (χ1v) is 11.4. The van der Waals surface area contributed by atoms with Crippen molar-refractivity contribution in [3.05, 3.63) is 77.7 Å². The van der Waals surface area contributed by atoms with Gasteiger partial charge in [0, 0.05) is 22.7 Å². The van der Waals surface area contributed by atoms with E-state index in [0.717, 1.165) is 34.6 Å². The minimum atomic E-state index is -0.235. The Hall–Kier alpha value is -2.79. The second-order valence-corrected chi connectivity index (χ2v) is 9.43. The van der Waals surface area contributed by atoms with Crippen LogP contribution < -0.4 is 5.32 Å². The number of nitrogens with zero attached hydrogens (tertiary/aromatic N) is 2. The number of nitrogens with one attached hydrogen (secondary N) is 1. The molecule has 1 N–H and O–H groups in total. The van der Waals surface area contributed by atoms with E-state index in [2.05, 4.69) is 40.6 Å². The molecule has 2 aliphatic carbocycles. The van der Waals surface area contributed by atoms with Gasteiger partial charge in [-0.25, -0.2) is 14.4 Å². The maximum absolute atomic E-state index is 14.8. The molecule has 2 aromatic carbocycles. The lowest BCUT2D eigenvalue weighted by Crippen LogP contribution is -2.26. The number of pyridine rings is 1. The van der Waals surface area contributed by atoms with E-state index < -0.39 is 0 Å². The van der Waals surface area contributed by atoms with E-state index in [0.29, 0.717) is 16.6 Å². The number of benzene rings is 2. The fourth-order valence-electron chi connectivity index (χ4n) is 4.34. The third-order valence-electron chi connectivity index (χ3n) is 6.50. The molecule has 2 heterocycles. The van der Waals surface area contributed by atoms with Crippen LogP contribution in [0.5, 0.6) is 0 Å². The first-order chi connectivity index (χ1) is 14.7. The molecular formula is C25H22FN3S. The molecule has 2 saturated carbocycles. The van der Waals surface area contributed by atoms with Crippen LogP contribution in [0.15, 0.2) is 60.7 Å². The minimum Gasteiger partial charge on any atom is -0.382 e. The predicted octanol–water partition coefficient (Wildman–Crippen LogP) is 6.54. The van der Waals surface area contributed by atoms with Gasteiger partial charge < -0.3 is 5.32 Å². The molecule has 0 aliphatic heterocycles. The summed E-state index contributed by atoms with van der Waals surface area (Å²) in [5.74, 6) is -0.235. The predicted molar refractivity (Wildman–Crippen MR) is 121 cm³/mol. The summed E-state index contributed by atoms with van der Waals surface area (Å²) < 4.78 is 14.8. The van der Waals surface area contributed by atoms with Gasteiger partial charge in [0.1, 0.15) is 21.2 Å². The van der Waals surface area contributed by atoms with Crippen molar-refractivity contribution in [2.45, 2.75) is 43.6 Å². The van der Waals surface area contributed by atoms with Crippen LogP contribution in [0.4, 0.5) is 10.1 Å². The quantitative estimate of drug-likeness (QED) is 0.402. The number of hydrogen-bond acceptors (Lipinski definition) is 4. The van der Waals surface area contributed by atoms with Crippen LogP contribution in [0.1, 0.15) is 43.4 Å². The zero-order valence-electron chi connectivity index (χ0n) is 16.6. The SMILES string of the molecule is Fc1cc(NC2CCC2)ccc1-c1nc2ccc(C3(c4ccccc4)CC3)nc2s1. The van der Waals surface area contributed by atoms with Crippen LogP contribution in [0.3, 0.4) is 0 Å². The van der Waals surface area contributed by atoms with Crippen molar-refractivity contribution in [3.8, 4) is 10.6 Å². The van der Waals surface area contributed by atoms with E-state index in [9.17, 15) is 4.39 Å². The normalized spacial score (nSPS) is 17.6. The summed E-state index contributed by atoms with van der Waals surface area (Å²) in [5, 5.41) is 4.09. The standard InChI is InChI=1S/C25H22FN3S/c26-20-15-18(27-17-7-4-8-17)9-10-19(20)23-28-21-11-12-22(29-24(21)30-23)25(13-14-25)16-5-2-1-3-6-16/h1-3,5-6,9-12,15,17,27H,4,7-8,13-14H2. The lowest BCUT2D eigenvalue weighted by atomic mass is 9.92. The van der Waals surface area contributed by atoms with Gasteiger partial charge >= 0.3 is 0 Å². The molecule has 150 valence electrons. The number of aromatic nitrogens is 2. The second kappa shape index (κ2) is 6.88. The first-order valence-electron chi connectivity index (χ1n) is 10.6. The van der Waals surface area contributed by atoms with Gasteiger partial charge in [0.2, 0.25) is 0 Å². The molecule has 6 rings (SSSR count). The molecule has 4 aromatic rings. The molecule has 3 nitrogen and oxygen atoms in total. The van der Waals surface area contributed by atoms with E-state index in [1.807, 2.05) is 24.3 Å². The van der Waals surface area contributed by atoms with E-state index in [4.69, 9.17) is 4.98 Å². The highest BCUT2D eigenvalue weighted by Crippen LogP contribution is 2.53. The lowest BCUT2D eigenvalue weighted by Gasteiger charge is -2.27.